The lowest BCUT2D eigenvalue weighted by atomic mass is 10.2. The quantitative estimate of drug-likeness (QED) is 0.748. The molecule has 0 saturated heterocycles. The fourth-order valence-corrected chi connectivity index (χ4v) is 3.93. The molecule has 2 aromatic carbocycles. The Morgan fingerprint density at radius 2 is 1.86 bits per heavy atom. The summed E-state index contributed by atoms with van der Waals surface area (Å²) in [5.41, 5.74) is 1.28. The van der Waals surface area contributed by atoms with Gasteiger partial charge in [-0.25, -0.2) is 13.2 Å². The summed E-state index contributed by atoms with van der Waals surface area (Å²) in [5, 5.41) is 2.74. The van der Waals surface area contributed by atoms with Gasteiger partial charge in [-0.3, -0.25) is 9.10 Å². The first-order valence-corrected chi connectivity index (χ1v) is 11.0. The second-order valence-electron chi connectivity index (χ2n) is 6.49. The molecule has 1 atom stereocenters. The minimum Gasteiger partial charge on any atom is -0.478 e. The highest BCUT2D eigenvalue weighted by molar-refractivity contribution is 7.92. The average molecular weight is 418 g/mol. The summed E-state index contributed by atoms with van der Waals surface area (Å²) in [6, 6.07) is 13.0. The number of benzene rings is 2. The molecule has 1 aliphatic rings. The molecule has 0 aliphatic carbocycles. The van der Waals surface area contributed by atoms with Gasteiger partial charge in [-0.05, 0) is 43.3 Å². The van der Waals surface area contributed by atoms with E-state index in [0.717, 1.165) is 6.26 Å². The smallest absolute Gasteiger partial charge is 0.338 e. The van der Waals surface area contributed by atoms with E-state index in [0.29, 0.717) is 22.7 Å². The molecular weight excluding hydrogens is 396 g/mol. The lowest BCUT2D eigenvalue weighted by Gasteiger charge is -2.20. The molecule has 1 aliphatic heterocycles. The van der Waals surface area contributed by atoms with E-state index in [1.54, 1.807) is 55.5 Å². The molecule has 0 unspecified atom stereocenters. The van der Waals surface area contributed by atoms with Crippen molar-refractivity contribution >= 4 is 33.3 Å². The van der Waals surface area contributed by atoms with Crippen LogP contribution >= 0.6 is 0 Å². The number of para-hydroxylation sites is 2. The first-order chi connectivity index (χ1) is 13.8. The van der Waals surface area contributed by atoms with Gasteiger partial charge in [0.1, 0.15) is 5.75 Å². The van der Waals surface area contributed by atoms with E-state index in [-0.39, 0.29) is 19.6 Å². The third-order valence-corrected chi connectivity index (χ3v) is 5.53. The number of ether oxygens (including phenoxy) is 2. The summed E-state index contributed by atoms with van der Waals surface area (Å²) >= 11 is 0. The highest BCUT2D eigenvalue weighted by Crippen LogP contribution is 2.34. The van der Waals surface area contributed by atoms with E-state index >= 15 is 0 Å². The van der Waals surface area contributed by atoms with Gasteiger partial charge in [-0.15, -0.1) is 0 Å². The van der Waals surface area contributed by atoms with Gasteiger partial charge >= 0.3 is 5.97 Å². The van der Waals surface area contributed by atoms with E-state index in [2.05, 4.69) is 5.32 Å². The number of nitrogens with one attached hydrogen (secondary N) is 1. The fraction of sp³-hybridized carbons (Fsp3) is 0.300. The largest absolute Gasteiger partial charge is 0.478 e. The third kappa shape index (κ3) is 4.86. The standard InChI is InChI=1S/C20H22N2O6S/c1-3-27-20(24)14-8-10-15(11-9-14)21-19(23)18-12-13-22(29(2,25)26)16-6-4-5-7-17(16)28-18/h4-11,18H,3,12-13H2,1-2H3,(H,21,23)/t18-/m0/s1. The molecule has 154 valence electrons. The molecule has 3 rings (SSSR count). The van der Waals surface area contributed by atoms with Crippen molar-refractivity contribution in [1.29, 1.82) is 0 Å². The van der Waals surface area contributed by atoms with Crippen molar-refractivity contribution in [3.8, 4) is 5.75 Å². The van der Waals surface area contributed by atoms with E-state index in [9.17, 15) is 18.0 Å². The topological polar surface area (TPSA) is 102 Å². The summed E-state index contributed by atoms with van der Waals surface area (Å²) in [5.74, 6) is -0.512. The van der Waals surface area contributed by atoms with E-state index < -0.39 is 28.0 Å². The Hall–Kier alpha value is -3.07. The lowest BCUT2D eigenvalue weighted by Crippen LogP contribution is -2.35. The number of hydrogen-bond acceptors (Lipinski definition) is 6. The second kappa shape index (κ2) is 8.52. The number of esters is 1. The molecule has 0 aromatic heterocycles. The Morgan fingerprint density at radius 1 is 1.17 bits per heavy atom. The van der Waals surface area contributed by atoms with Gasteiger partial charge in [0.05, 0.1) is 24.1 Å². The zero-order valence-electron chi connectivity index (χ0n) is 16.1. The zero-order valence-corrected chi connectivity index (χ0v) is 16.9. The lowest BCUT2D eigenvalue weighted by molar-refractivity contribution is -0.122. The molecule has 1 heterocycles. The van der Waals surface area contributed by atoms with Gasteiger partial charge in [0.25, 0.3) is 5.91 Å². The van der Waals surface area contributed by atoms with Gasteiger partial charge in [0, 0.05) is 18.7 Å². The molecule has 2 aromatic rings. The summed E-state index contributed by atoms with van der Waals surface area (Å²) in [7, 11) is -3.51. The maximum Gasteiger partial charge on any atom is 0.338 e. The Labute approximate surface area is 169 Å². The fourth-order valence-electron chi connectivity index (χ4n) is 2.99. The minimum atomic E-state index is -3.51. The number of carbonyl (C=O) groups excluding carboxylic acids is 2. The molecule has 0 bridgehead atoms. The normalized spacial score (nSPS) is 16.2. The summed E-state index contributed by atoms with van der Waals surface area (Å²) in [6.45, 7) is 2.13. The van der Waals surface area contributed by atoms with Crippen LogP contribution in [0.5, 0.6) is 5.75 Å². The Bertz CT molecular complexity index is 1000. The average Bonchev–Trinajstić information content (AvgIpc) is 2.88. The SMILES string of the molecule is CCOC(=O)c1ccc(NC(=O)[C@@H]2CCN(S(C)(=O)=O)c3ccccc3O2)cc1. The molecule has 1 amide bonds. The minimum absolute atomic E-state index is 0.121. The van der Waals surface area contributed by atoms with Crippen molar-refractivity contribution in [3.63, 3.8) is 0 Å². The van der Waals surface area contributed by atoms with Crippen LogP contribution in [0.3, 0.4) is 0 Å². The molecule has 0 saturated carbocycles. The molecule has 1 N–H and O–H groups in total. The van der Waals surface area contributed by atoms with Crippen molar-refractivity contribution in [2.75, 3.05) is 29.0 Å². The third-order valence-electron chi connectivity index (χ3n) is 4.35. The number of carbonyl (C=O) groups is 2. The van der Waals surface area contributed by atoms with Crippen molar-refractivity contribution < 1.29 is 27.5 Å². The molecular formula is C20H22N2O6S. The molecule has 0 fully saturated rings. The predicted molar refractivity (Wildman–Crippen MR) is 109 cm³/mol. The number of rotatable bonds is 5. The van der Waals surface area contributed by atoms with Crippen LogP contribution in [0.1, 0.15) is 23.7 Å². The maximum absolute atomic E-state index is 12.7. The van der Waals surface area contributed by atoms with Gasteiger partial charge in [-0.2, -0.15) is 0 Å². The molecule has 9 heteroatoms. The summed E-state index contributed by atoms with van der Waals surface area (Å²) in [4.78, 5) is 24.4. The van der Waals surface area contributed by atoms with Crippen LogP contribution in [-0.4, -0.2) is 45.8 Å². The Kier molecular flexibility index (Phi) is 6.07. The van der Waals surface area contributed by atoms with Crippen LogP contribution in [0, 0.1) is 0 Å². The second-order valence-corrected chi connectivity index (χ2v) is 8.39. The van der Waals surface area contributed by atoms with Crippen LogP contribution in [0.25, 0.3) is 0 Å². The zero-order chi connectivity index (χ0) is 21.0. The monoisotopic (exact) mass is 418 g/mol. The number of hydrogen-bond donors (Lipinski definition) is 1. The van der Waals surface area contributed by atoms with Crippen LogP contribution in [0.2, 0.25) is 0 Å². The highest BCUT2D eigenvalue weighted by Gasteiger charge is 2.31. The van der Waals surface area contributed by atoms with Crippen molar-refractivity contribution in [2.24, 2.45) is 0 Å². The maximum atomic E-state index is 12.7. The van der Waals surface area contributed by atoms with Gasteiger partial charge in [-0.1, -0.05) is 12.1 Å². The Morgan fingerprint density at radius 3 is 2.52 bits per heavy atom. The van der Waals surface area contributed by atoms with E-state index in [4.69, 9.17) is 9.47 Å². The van der Waals surface area contributed by atoms with Crippen LogP contribution < -0.4 is 14.4 Å². The van der Waals surface area contributed by atoms with E-state index in [1.165, 1.54) is 4.31 Å². The molecule has 0 spiro atoms. The van der Waals surface area contributed by atoms with E-state index in [1.807, 2.05) is 0 Å². The predicted octanol–water partition coefficient (Wildman–Crippen LogP) is 2.42. The van der Waals surface area contributed by atoms with Gasteiger partial charge in [0.15, 0.2) is 6.10 Å². The van der Waals surface area contributed by atoms with Gasteiger partial charge in [0.2, 0.25) is 10.0 Å². The number of nitrogens with zero attached hydrogens (tertiary/aromatic N) is 1. The number of amides is 1. The number of fused-ring (bicyclic) bond motifs is 1. The van der Waals surface area contributed by atoms with Crippen molar-refractivity contribution in [2.45, 2.75) is 19.4 Å². The van der Waals surface area contributed by atoms with Crippen LogP contribution in [-0.2, 0) is 19.6 Å². The highest BCUT2D eigenvalue weighted by atomic mass is 32.2. The van der Waals surface area contributed by atoms with Crippen molar-refractivity contribution in [1.82, 2.24) is 0 Å². The van der Waals surface area contributed by atoms with Gasteiger partial charge < -0.3 is 14.8 Å². The first kappa shape index (κ1) is 20.7. The number of sulfonamides is 1. The summed E-state index contributed by atoms with van der Waals surface area (Å²) in [6.07, 6.45) is 0.441. The summed E-state index contributed by atoms with van der Waals surface area (Å²) < 4.78 is 36.3. The molecule has 29 heavy (non-hydrogen) atoms. The van der Waals surface area contributed by atoms with Crippen LogP contribution in [0.15, 0.2) is 48.5 Å². The number of anilines is 2. The molecule has 0 radical (unpaired) electrons. The first-order valence-electron chi connectivity index (χ1n) is 9.11. The van der Waals surface area contributed by atoms with Crippen LogP contribution in [0.4, 0.5) is 11.4 Å². The van der Waals surface area contributed by atoms with Crippen molar-refractivity contribution in [3.05, 3.63) is 54.1 Å². The molecule has 8 nitrogen and oxygen atoms in total. The Balaban J connectivity index is 1.75.